The molecule has 1 aromatic carbocycles. The molecule has 0 saturated carbocycles. The molecule has 118 valence electrons. The maximum absolute atomic E-state index is 12.5. The third-order valence-corrected chi connectivity index (χ3v) is 7.70. The van der Waals surface area contributed by atoms with Crippen molar-refractivity contribution < 1.29 is 16.8 Å². The molecule has 0 amide bonds. The van der Waals surface area contributed by atoms with E-state index in [9.17, 15) is 16.8 Å². The summed E-state index contributed by atoms with van der Waals surface area (Å²) in [7, 11) is -7.34. The van der Waals surface area contributed by atoms with Gasteiger partial charge in [0.05, 0.1) is 4.90 Å². The third-order valence-electron chi connectivity index (χ3n) is 3.57. The predicted molar refractivity (Wildman–Crippen MR) is 83.4 cm³/mol. The Morgan fingerprint density at radius 1 is 1.09 bits per heavy atom. The van der Waals surface area contributed by atoms with E-state index in [1.165, 1.54) is 27.8 Å². The number of hydrogen-bond acceptors (Lipinski definition) is 5. The zero-order valence-corrected chi connectivity index (χ0v) is 13.9. The lowest BCUT2D eigenvalue weighted by molar-refractivity contribution is 0.392. The summed E-state index contributed by atoms with van der Waals surface area (Å²) in [4.78, 5) is 0.00150. The molecule has 0 spiro atoms. The van der Waals surface area contributed by atoms with Crippen molar-refractivity contribution in [2.24, 2.45) is 5.14 Å². The van der Waals surface area contributed by atoms with Crippen LogP contribution < -0.4 is 5.14 Å². The van der Waals surface area contributed by atoms with Crippen LogP contribution in [0.4, 0.5) is 0 Å². The number of sulfonamides is 2. The van der Waals surface area contributed by atoms with Crippen LogP contribution in [0.2, 0.25) is 0 Å². The van der Waals surface area contributed by atoms with E-state index in [0.717, 1.165) is 5.56 Å². The van der Waals surface area contributed by atoms with Gasteiger partial charge in [-0.3, -0.25) is 0 Å². The minimum atomic E-state index is -3.80. The number of hydrogen-bond donors (Lipinski definition) is 1. The van der Waals surface area contributed by atoms with E-state index in [1.54, 1.807) is 23.6 Å². The lowest BCUT2D eigenvalue weighted by atomic mass is 10.0. The average molecular weight is 358 g/mol. The van der Waals surface area contributed by atoms with E-state index in [1.807, 2.05) is 0 Å². The lowest BCUT2D eigenvalue weighted by Crippen LogP contribution is -2.35. The van der Waals surface area contributed by atoms with Gasteiger partial charge in [-0.1, -0.05) is 12.1 Å². The molecule has 9 heteroatoms. The molecule has 1 aromatic heterocycles. The summed E-state index contributed by atoms with van der Waals surface area (Å²) in [6.45, 7) is 0.529. The van der Waals surface area contributed by atoms with Crippen LogP contribution in [-0.4, -0.2) is 27.7 Å². The first kappa shape index (κ1) is 15.6. The number of primary sulfonamides is 1. The molecule has 2 aromatic rings. The summed E-state index contributed by atoms with van der Waals surface area (Å²) in [5.41, 5.74) is 1.63. The maximum atomic E-state index is 12.5. The topological polar surface area (TPSA) is 97.5 Å². The van der Waals surface area contributed by atoms with E-state index in [4.69, 9.17) is 5.14 Å². The Hall–Kier alpha value is -1.26. The molecule has 1 aliphatic heterocycles. The van der Waals surface area contributed by atoms with Gasteiger partial charge in [0.2, 0.25) is 10.0 Å². The van der Waals surface area contributed by atoms with Gasteiger partial charge < -0.3 is 0 Å². The minimum Gasteiger partial charge on any atom is -0.225 e. The molecule has 0 unspecified atom stereocenters. The van der Waals surface area contributed by atoms with Crippen molar-refractivity contribution in [3.8, 4) is 0 Å². The van der Waals surface area contributed by atoms with Gasteiger partial charge >= 0.3 is 0 Å². The molecule has 0 saturated heterocycles. The smallest absolute Gasteiger partial charge is 0.225 e. The van der Waals surface area contributed by atoms with Crippen LogP contribution in [0, 0.1) is 0 Å². The van der Waals surface area contributed by atoms with Crippen LogP contribution in [0.5, 0.6) is 0 Å². The van der Waals surface area contributed by atoms with Crippen molar-refractivity contribution >= 4 is 31.4 Å². The Morgan fingerprint density at radius 2 is 1.86 bits per heavy atom. The predicted octanol–water partition coefficient (Wildman–Crippen LogP) is 1.14. The number of rotatable bonds is 3. The van der Waals surface area contributed by atoms with Gasteiger partial charge in [0.1, 0.15) is 4.21 Å². The molecule has 6 nitrogen and oxygen atoms in total. The standard InChI is InChI=1S/C13H14N2O4S3/c14-21(16,17)12-4-3-10-5-6-15(9-11(10)8-12)22(18,19)13-2-1-7-20-13/h1-4,7-8H,5-6,9H2,(H2,14,16,17). The quantitative estimate of drug-likeness (QED) is 0.890. The van der Waals surface area contributed by atoms with Crippen LogP contribution >= 0.6 is 11.3 Å². The fraction of sp³-hybridized carbons (Fsp3) is 0.231. The van der Waals surface area contributed by atoms with Gasteiger partial charge in [0, 0.05) is 13.1 Å². The number of benzene rings is 1. The fourth-order valence-electron chi connectivity index (χ4n) is 2.43. The summed E-state index contributed by atoms with van der Waals surface area (Å²) in [5, 5.41) is 6.84. The van der Waals surface area contributed by atoms with Crippen molar-refractivity contribution in [3.05, 3.63) is 46.8 Å². The normalized spacial score (nSPS) is 16.4. The van der Waals surface area contributed by atoms with E-state index in [0.29, 0.717) is 22.7 Å². The Bertz CT molecular complexity index is 903. The summed E-state index contributed by atoms with van der Waals surface area (Å²) < 4.78 is 49.6. The monoisotopic (exact) mass is 358 g/mol. The van der Waals surface area contributed by atoms with Gasteiger partial charge in [0.15, 0.2) is 0 Å². The fourth-order valence-corrected chi connectivity index (χ4v) is 5.55. The molecular weight excluding hydrogens is 344 g/mol. The van der Waals surface area contributed by atoms with Crippen molar-refractivity contribution in [3.63, 3.8) is 0 Å². The van der Waals surface area contributed by atoms with E-state index in [2.05, 4.69) is 0 Å². The Labute approximate surface area is 133 Å². The Kier molecular flexibility index (Phi) is 3.86. The van der Waals surface area contributed by atoms with Crippen molar-refractivity contribution in [1.82, 2.24) is 4.31 Å². The SMILES string of the molecule is NS(=O)(=O)c1ccc2c(c1)CN(S(=O)(=O)c1cccs1)CC2. The van der Waals surface area contributed by atoms with Crippen molar-refractivity contribution in [2.75, 3.05) is 6.54 Å². The van der Waals surface area contributed by atoms with Crippen LogP contribution in [0.3, 0.4) is 0 Å². The molecule has 2 heterocycles. The van der Waals surface area contributed by atoms with E-state index < -0.39 is 20.0 Å². The molecule has 0 aliphatic carbocycles. The molecule has 0 bridgehead atoms. The first-order valence-corrected chi connectivity index (χ1v) is 10.3. The molecule has 22 heavy (non-hydrogen) atoms. The van der Waals surface area contributed by atoms with E-state index >= 15 is 0 Å². The van der Waals surface area contributed by atoms with Gasteiger partial charge in [0.25, 0.3) is 10.0 Å². The molecule has 2 N–H and O–H groups in total. The lowest BCUT2D eigenvalue weighted by Gasteiger charge is -2.27. The van der Waals surface area contributed by atoms with E-state index in [-0.39, 0.29) is 11.4 Å². The minimum absolute atomic E-state index is 0.00150. The summed E-state index contributed by atoms with van der Waals surface area (Å²) in [5.74, 6) is 0. The van der Waals surface area contributed by atoms with Crippen molar-refractivity contribution in [1.29, 1.82) is 0 Å². The van der Waals surface area contributed by atoms with Gasteiger partial charge in [-0.2, -0.15) is 4.31 Å². The van der Waals surface area contributed by atoms with Crippen molar-refractivity contribution in [2.45, 2.75) is 22.1 Å². The van der Waals surface area contributed by atoms with Gasteiger partial charge in [-0.05, 0) is 41.1 Å². The summed E-state index contributed by atoms with van der Waals surface area (Å²) in [6, 6.07) is 7.87. The first-order valence-electron chi connectivity index (χ1n) is 6.47. The number of nitrogens with zero attached hydrogens (tertiary/aromatic N) is 1. The van der Waals surface area contributed by atoms with Crippen LogP contribution in [0.1, 0.15) is 11.1 Å². The number of fused-ring (bicyclic) bond motifs is 1. The molecule has 1 aliphatic rings. The highest BCUT2D eigenvalue weighted by Gasteiger charge is 2.29. The highest BCUT2D eigenvalue weighted by Crippen LogP contribution is 2.28. The summed E-state index contributed by atoms with van der Waals surface area (Å²) in [6.07, 6.45) is 0.546. The zero-order valence-electron chi connectivity index (χ0n) is 11.5. The van der Waals surface area contributed by atoms with Crippen LogP contribution in [-0.2, 0) is 33.0 Å². The van der Waals surface area contributed by atoms with Crippen LogP contribution in [0.15, 0.2) is 44.8 Å². The van der Waals surface area contributed by atoms with Gasteiger partial charge in [-0.25, -0.2) is 22.0 Å². The average Bonchev–Trinajstić information content (AvgIpc) is 3.00. The van der Waals surface area contributed by atoms with Crippen LogP contribution in [0.25, 0.3) is 0 Å². The van der Waals surface area contributed by atoms with Gasteiger partial charge in [-0.15, -0.1) is 11.3 Å². The molecule has 3 rings (SSSR count). The second-order valence-electron chi connectivity index (χ2n) is 5.00. The Balaban J connectivity index is 1.97. The first-order chi connectivity index (χ1) is 10.3. The molecule has 0 atom stereocenters. The molecule has 0 fully saturated rings. The molecular formula is C13H14N2O4S3. The number of thiophene rings is 1. The zero-order chi connectivity index (χ0) is 16.0. The Morgan fingerprint density at radius 3 is 2.50 bits per heavy atom. The highest BCUT2D eigenvalue weighted by molar-refractivity contribution is 7.91. The second-order valence-corrected chi connectivity index (χ2v) is 9.67. The third kappa shape index (κ3) is 2.82. The number of nitrogens with two attached hydrogens (primary N) is 1. The summed E-state index contributed by atoms with van der Waals surface area (Å²) >= 11 is 1.17. The largest absolute Gasteiger partial charge is 0.252 e. The highest BCUT2D eigenvalue weighted by atomic mass is 32.2. The second kappa shape index (κ2) is 5.43. The molecule has 0 radical (unpaired) electrons. The maximum Gasteiger partial charge on any atom is 0.252 e.